The molecule has 1 fully saturated rings. The van der Waals surface area contributed by atoms with Crippen molar-refractivity contribution in [2.75, 3.05) is 18.4 Å². The number of hydrogen-bond acceptors (Lipinski definition) is 3. The van der Waals surface area contributed by atoms with Gasteiger partial charge in [0.2, 0.25) is 0 Å². The largest absolute Gasteiger partial charge is 0.321 e. The number of aromatic nitrogens is 1. The van der Waals surface area contributed by atoms with Gasteiger partial charge < -0.3 is 10.2 Å². The third kappa shape index (κ3) is 3.89. The molecule has 1 aliphatic rings. The lowest BCUT2D eigenvalue weighted by Gasteiger charge is -2.30. The van der Waals surface area contributed by atoms with Gasteiger partial charge in [-0.3, -0.25) is 4.79 Å². The van der Waals surface area contributed by atoms with Crippen LogP contribution >= 0.6 is 11.3 Å². The summed E-state index contributed by atoms with van der Waals surface area (Å²) in [5, 5.41) is 4.29. The van der Waals surface area contributed by atoms with Gasteiger partial charge in [0.25, 0.3) is 5.91 Å². The van der Waals surface area contributed by atoms with E-state index in [0.29, 0.717) is 12.6 Å². The van der Waals surface area contributed by atoms with Crippen LogP contribution in [0.5, 0.6) is 0 Å². The molecule has 2 heterocycles. The number of carbonyl (C=O) groups excluding carboxylic acids is 1. The Bertz CT molecular complexity index is 932. The van der Waals surface area contributed by atoms with Crippen LogP contribution in [0.15, 0.2) is 42.5 Å². The van der Waals surface area contributed by atoms with E-state index in [1.165, 1.54) is 33.0 Å². The lowest BCUT2D eigenvalue weighted by Crippen LogP contribution is -3.14. The van der Waals surface area contributed by atoms with Crippen LogP contribution in [0.4, 0.5) is 5.69 Å². The summed E-state index contributed by atoms with van der Waals surface area (Å²) in [6.07, 6.45) is 3.49. The summed E-state index contributed by atoms with van der Waals surface area (Å²) < 4.78 is 1.23. The fourth-order valence-electron chi connectivity index (χ4n) is 3.91. The Morgan fingerprint density at radius 1 is 1.19 bits per heavy atom. The Labute approximate surface area is 164 Å². The summed E-state index contributed by atoms with van der Waals surface area (Å²) in [4.78, 5) is 19.0. The molecular weight excluding hydrogens is 354 g/mol. The number of anilines is 1. The first-order valence-electron chi connectivity index (χ1n) is 9.68. The van der Waals surface area contributed by atoms with E-state index < -0.39 is 0 Å². The summed E-state index contributed by atoms with van der Waals surface area (Å²) in [5.74, 6) is 0.0895. The number of nitrogens with zero attached hydrogens (tertiary/aromatic N) is 1. The number of rotatable bonds is 4. The van der Waals surface area contributed by atoms with Crippen LogP contribution in [0.3, 0.4) is 0 Å². The average Bonchev–Trinajstić information content (AvgIpc) is 3.10. The van der Waals surface area contributed by atoms with E-state index in [9.17, 15) is 4.79 Å². The van der Waals surface area contributed by atoms with E-state index in [2.05, 4.69) is 43.4 Å². The third-order valence-electron chi connectivity index (χ3n) is 5.61. The Hall–Kier alpha value is -2.24. The average molecular weight is 381 g/mol. The number of benzene rings is 2. The zero-order chi connectivity index (χ0) is 18.8. The van der Waals surface area contributed by atoms with E-state index in [1.54, 1.807) is 11.3 Å². The Kier molecular flexibility index (Phi) is 5.23. The topological polar surface area (TPSA) is 46.4 Å². The van der Waals surface area contributed by atoms with Crippen LogP contribution in [0.25, 0.3) is 10.2 Å². The normalized spacial score (nSPS) is 19.9. The van der Waals surface area contributed by atoms with Gasteiger partial charge in [0, 0.05) is 12.1 Å². The minimum atomic E-state index is 0.0895. The van der Waals surface area contributed by atoms with Crippen LogP contribution < -0.4 is 10.2 Å². The van der Waals surface area contributed by atoms with Crippen molar-refractivity contribution in [3.63, 3.8) is 0 Å². The molecule has 0 spiro atoms. The van der Waals surface area contributed by atoms with E-state index in [1.807, 2.05) is 18.2 Å². The SMILES string of the molecule is Cc1cccc(NC(=O)C[NH+]2CCCC[C@@H]2c2nc3ccccc3s2)c1C. The molecule has 2 atom stereocenters. The smallest absolute Gasteiger partial charge is 0.279 e. The Balaban J connectivity index is 1.50. The lowest BCUT2D eigenvalue weighted by atomic mass is 10.0. The van der Waals surface area contributed by atoms with E-state index in [0.717, 1.165) is 29.7 Å². The molecule has 0 bridgehead atoms. The van der Waals surface area contributed by atoms with Gasteiger partial charge in [-0.05, 0) is 56.0 Å². The maximum absolute atomic E-state index is 12.7. The van der Waals surface area contributed by atoms with Crippen LogP contribution in [-0.4, -0.2) is 24.0 Å². The first kappa shape index (κ1) is 18.1. The summed E-state index contributed by atoms with van der Waals surface area (Å²) in [6.45, 7) is 5.65. The summed E-state index contributed by atoms with van der Waals surface area (Å²) in [7, 11) is 0. The number of aryl methyl sites for hydroxylation is 1. The first-order valence-corrected chi connectivity index (χ1v) is 10.5. The van der Waals surface area contributed by atoms with Gasteiger partial charge in [-0.25, -0.2) is 4.98 Å². The van der Waals surface area contributed by atoms with Crippen molar-refractivity contribution in [1.29, 1.82) is 0 Å². The van der Waals surface area contributed by atoms with Crippen LogP contribution in [0.1, 0.15) is 41.4 Å². The second-order valence-corrected chi connectivity index (χ2v) is 8.51. The Morgan fingerprint density at radius 2 is 2.04 bits per heavy atom. The van der Waals surface area contributed by atoms with Gasteiger partial charge in [-0.2, -0.15) is 0 Å². The maximum Gasteiger partial charge on any atom is 0.279 e. The Morgan fingerprint density at radius 3 is 2.89 bits per heavy atom. The highest BCUT2D eigenvalue weighted by molar-refractivity contribution is 7.18. The molecule has 5 heteroatoms. The second-order valence-electron chi connectivity index (χ2n) is 7.45. The standard InChI is InChI=1S/C22H25N3OS/c1-15-8-7-10-17(16(15)2)23-21(26)14-25-13-6-5-11-19(25)22-24-18-9-3-4-12-20(18)27-22/h3-4,7-10,12,19H,5-6,11,13-14H2,1-2H3,(H,23,26)/p+1/t19-/m1/s1. The molecule has 4 nitrogen and oxygen atoms in total. The molecule has 4 rings (SSSR count). The zero-order valence-electron chi connectivity index (χ0n) is 15.9. The molecule has 1 amide bonds. The van der Waals surface area contributed by atoms with Crippen molar-refractivity contribution in [3.05, 3.63) is 58.6 Å². The molecule has 1 unspecified atom stereocenters. The molecular formula is C22H26N3OS+. The third-order valence-corrected chi connectivity index (χ3v) is 6.76. The molecule has 2 aromatic carbocycles. The van der Waals surface area contributed by atoms with Crippen molar-refractivity contribution in [1.82, 2.24) is 4.98 Å². The van der Waals surface area contributed by atoms with E-state index in [-0.39, 0.29) is 5.91 Å². The number of piperidine rings is 1. The molecule has 140 valence electrons. The van der Waals surface area contributed by atoms with E-state index >= 15 is 0 Å². The second kappa shape index (κ2) is 7.79. The molecule has 1 aliphatic heterocycles. The number of hydrogen-bond donors (Lipinski definition) is 2. The zero-order valence-corrected chi connectivity index (χ0v) is 16.7. The molecule has 1 aromatic heterocycles. The molecule has 0 radical (unpaired) electrons. The van der Waals surface area contributed by atoms with Crippen molar-refractivity contribution in [3.8, 4) is 0 Å². The molecule has 1 saturated heterocycles. The van der Waals surface area contributed by atoms with Gasteiger partial charge in [0.05, 0.1) is 16.8 Å². The van der Waals surface area contributed by atoms with Crippen LogP contribution in [-0.2, 0) is 4.79 Å². The highest BCUT2D eigenvalue weighted by Gasteiger charge is 2.32. The van der Waals surface area contributed by atoms with Crippen molar-refractivity contribution in [2.24, 2.45) is 0 Å². The molecule has 0 saturated carbocycles. The number of para-hydroxylation sites is 1. The monoisotopic (exact) mass is 380 g/mol. The van der Waals surface area contributed by atoms with Gasteiger partial charge in [0.1, 0.15) is 6.04 Å². The number of nitrogens with one attached hydrogen (secondary N) is 2. The van der Waals surface area contributed by atoms with Gasteiger partial charge in [0.15, 0.2) is 11.6 Å². The fraction of sp³-hybridized carbons (Fsp3) is 0.364. The highest BCUT2D eigenvalue weighted by Crippen LogP contribution is 2.28. The van der Waals surface area contributed by atoms with Gasteiger partial charge >= 0.3 is 0 Å². The minimum Gasteiger partial charge on any atom is -0.321 e. The van der Waals surface area contributed by atoms with Crippen LogP contribution in [0, 0.1) is 13.8 Å². The fourth-order valence-corrected chi connectivity index (χ4v) is 5.08. The van der Waals surface area contributed by atoms with Gasteiger partial charge in [-0.1, -0.05) is 24.3 Å². The summed E-state index contributed by atoms with van der Waals surface area (Å²) >= 11 is 1.78. The number of thiazole rings is 1. The van der Waals surface area contributed by atoms with E-state index in [4.69, 9.17) is 4.98 Å². The number of carbonyl (C=O) groups is 1. The van der Waals surface area contributed by atoms with Gasteiger partial charge in [-0.15, -0.1) is 11.3 Å². The lowest BCUT2D eigenvalue weighted by molar-refractivity contribution is -0.929. The number of likely N-dealkylation sites (tertiary alicyclic amines) is 1. The number of quaternary nitrogens is 1. The first-order chi connectivity index (χ1) is 13.1. The molecule has 3 aromatic rings. The summed E-state index contributed by atoms with van der Waals surface area (Å²) in [5.41, 5.74) is 4.34. The molecule has 0 aliphatic carbocycles. The van der Waals surface area contributed by atoms with Crippen molar-refractivity contribution < 1.29 is 9.69 Å². The highest BCUT2D eigenvalue weighted by atomic mass is 32.1. The maximum atomic E-state index is 12.7. The quantitative estimate of drug-likeness (QED) is 0.726. The predicted molar refractivity (Wildman–Crippen MR) is 111 cm³/mol. The molecule has 2 N–H and O–H groups in total. The summed E-state index contributed by atoms with van der Waals surface area (Å²) in [6, 6.07) is 14.7. The minimum absolute atomic E-state index is 0.0895. The number of fused-ring (bicyclic) bond motifs is 1. The van der Waals surface area contributed by atoms with Crippen LogP contribution in [0.2, 0.25) is 0 Å². The number of amides is 1. The van der Waals surface area contributed by atoms with Crippen molar-refractivity contribution in [2.45, 2.75) is 39.2 Å². The van der Waals surface area contributed by atoms with Crippen molar-refractivity contribution >= 4 is 33.1 Å². The predicted octanol–water partition coefficient (Wildman–Crippen LogP) is 3.66. The molecule has 27 heavy (non-hydrogen) atoms.